The summed E-state index contributed by atoms with van der Waals surface area (Å²) in [6.45, 7) is 3.46. The normalized spacial score (nSPS) is 13.2. The first-order valence-corrected chi connectivity index (χ1v) is 8.46. The standard InChI is InChI=1S/C19H15F3N4O2/c1-10-15-17(23-16(24-18(15)27)14-4-3-9-28-14)26(25-10)11(2)12-5-7-13(8-6-12)19(20,21)22/h3-9,11H,1-2H3,(H,23,24,27). The van der Waals surface area contributed by atoms with E-state index in [1.54, 1.807) is 26.0 Å². The van der Waals surface area contributed by atoms with Gasteiger partial charge in [0.05, 0.1) is 23.6 Å². The first kappa shape index (κ1) is 18.0. The number of benzene rings is 1. The van der Waals surface area contributed by atoms with Crippen molar-refractivity contribution >= 4 is 11.0 Å². The number of hydrogen-bond acceptors (Lipinski definition) is 4. The molecule has 1 unspecified atom stereocenters. The van der Waals surface area contributed by atoms with Crippen LogP contribution in [-0.4, -0.2) is 19.7 Å². The van der Waals surface area contributed by atoms with E-state index in [-0.39, 0.29) is 11.4 Å². The molecule has 3 heterocycles. The minimum Gasteiger partial charge on any atom is -0.461 e. The topological polar surface area (TPSA) is 76.7 Å². The van der Waals surface area contributed by atoms with E-state index in [9.17, 15) is 18.0 Å². The maximum Gasteiger partial charge on any atom is 0.416 e. The fraction of sp³-hybridized carbons (Fsp3) is 0.211. The van der Waals surface area contributed by atoms with Crippen LogP contribution in [0.1, 0.15) is 29.8 Å². The second-order valence-corrected chi connectivity index (χ2v) is 6.42. The van der Waals surface area contributed by atoms with E-state index in [4.69, 9.17) is 4.42 Å². The van der Waals surface area contributed by atoms with Crippen molar-refractivity contribution in [2.45, 2.75) is 26.1 Å². The molecule has 0 aliphatic heterocycles. The Hall–Kier alpha value is -3.36. The third-order valence-electron chi connectivity index (χ3n) is 4.58. The van der Waals surface area contributed by atoms with Crippen LogP contribution >= 0.6 is 0 Å². The average molecular weight is 388 g/mol. The zero-order chi connectivity index (χ0) is 20.1. The van der Waals surface area contributed by atoms with E-state index in [2.05, 4.69) is 15.1 Å². The Balaban J connectivity index is 1.83. The lowest BCUT2D eigenvalue weighted by molar-refractivity contribution is -0.137. The van der Waals surface area contributed by atoms with Crippen molar-refractivity contribution in [2.75, 3.05) is 0 Å². The lowest BCUT2D eigenvalue weighted by Gasteiger charge is -2.15. The first-order chi connectivity index (χ1) is 13.3. The van der Waals surface area contributed by atoms with Crippen LogP contribution in [0.4, 0.5) is 13.2 Å². The molecule has 4 rings (SSSR count). The van der Waals surface area contributed by atoms with Crippen LogP contribution in [0, 0.1) is 6.92 Å². The number of nitrogens with one attached hydrogen (secondary N) is 1. The Morgan fingerprint density at radius 3 is 2.50 bits per heavy atom. The van der Waals surface area contributed by atoms with E-state index >= 15 is 0 Å². The van der Waals surface area contributed by atoms with Crippen LogP contribution in [0.25, 0.3) is 22.6 Å². The number of halogens is 3. The van der Waals surface area contributed by atoms with Gasteiger partial charge in [0.15, 0.2) is 17.2 Å². The molecule has 6 nitrogen and oxygen atoms in total. The molecular formula is C19H15F3N4O2. The molecule has 0 saturated carbocycles. The molecule has 1 aromatic carbocycles. The lowest BCUT2D eigenvalue weighted by atomic mass is 10.1. The third-order valence-corrected chi connectivity index (χ3v) is 4.58. The Labute approximate surface area is 156 Å². The van der Waals surface area contributed by atoms with Gasteiger partial charge in [-0.15, -0.1) is 0 Å². The fourth-order valence-electron chi connectivity index (χ4n) is 3.10. The van der Waals surface area contributed by atoms with E-state index in [0.717, 1.165) is 12.1 Å². The Morgan fingerprint density at radius 1 is 1.18 bits per heavy atom. The molecule has 1 atom stereocenters. The minimum absolute atomic E-state index is 0.253. The van der Waals surface area contributed by atoms with Gasteiger partial charge in [0.1, 0.15) is 5.39 Å². The van der Waals surface area contributed by atoms with Gasteiger partial charge in [0.2, 0.25) is 0 Å². The lowest BCUT2D eigenvalue weighted by Crippen LogP contribution is -2.13. The smallest absolute Gasteiger partial charge is 0.416 e. The van der Waals surface area contributed by atoms with E-state index < -0.39 is 17.8 Å². The molecule has 144 valence electrons. The monoisotopic (exact) mass is 388 g/mol. The molecule has 0 radical (unpaired) electrons. The minimum atomic E-state index is -4.40. The van der Waals surface area contributed by atoms with E-state index in [1.165, 1.54) is 23.1 Å². The fourth-order valence-corrected chi connectivity index (χ4v) is 3.10. The number of nitrogens with zero attached hydrogens (tertiary/aromatic N) is 3. The Kier molecular flexibility index (Phi) is 4.10. The van der Waals surface area contributed by atoms with Crippen molar-refractivity contribution in [3.63, 3.8) is 0 Å². The Morgan fingerprint density at radius 2 is 1.89 bits per heavy atom. The van der Waals surface area contributed by atoms with Crippen LogP contribution in [0.2, 0.25) is 0 Å². The summed E-state index contributed by atoms with van der Waals surface area (Å²) in [5.74, 6) is 0.648. The summed E-state index contributed by atoms with van der Waals surface area (Å²) in [5, 5.41) is 4.73. The van der Waals surface area contributed by atoms with Gasteiger partial charge in [-0.1, -0.05) is 12.1 Å². The molecule has 0 fully saturated rings. The molecule has 0 aliphatic carbocycles. The van der Waals surface area contributed by atoms with Gasteiger partial charge in [-0.2, -0.15) is 18.3 Å². The number of rotatable bonds is 3. The summed E-state index contributed by atoms with van der Waals surface area (Å²) in [6, 6.07) is 7.76. The summed E-state index contributed by atoms with van der Waals surface area (Å²) in [7, 11) is 0. The predicted octanol–water partition coefficient (Wildman–Crippen LogP) is 4.32. The molecular weight excluding hydrogens is 373 g/mol. The molecule has 0 saturated heterocycles. The van der Waals surface area contributed by atoms with Crippen molar-refractivity contribution in [1.29, 1.82) is 0 Å². The Bertz CT molecular complexity index is 1190. The van der Waals surface area contributed by atoms with Crippen LogP contribution in [0.15, 0.2) is 51.9 Å². The maximum atomic E-state index is 12.8. The first-order valence-electron chi connectivity index (χ1n) is 8.46. The average Bonchev–Trinajstić information content (AvgIpc) is 3.29. The summed E-state index contributed by atoms with van der Waals surface area (Å²) < 4.78 is 45.2. The van der Waals surface area contributed by atoms with Gasteiger partial charge in [-0.05, 0) is 43.7 Å². The zero-order valence-corrected chi connectivity index (χ0v) is 14.9. The number of aromatic amines is 1. The highest BCUT2D eigenvalue weighted by atomic mass is 19.4. The van der Waals surface area contributed by atoms with E-state index in [1.807, 2.05) is 0 Å². The zero-order valence-electron chi connectivity index (χ0n) is 14.9. The molecule has 4 aromatic rings. The highest BCUT2D eigenvalue weighted by Crippen LogP contribution is 2.31. The van der Waals surface area contributed by atoms with Gasteiger partial charge in [0, 0.05) is 0 Å². The number of alkyl halides is 3. The molecule has 0 amide bonds. The molecule has 1 N–H and O–H groups in total. The predicted molar refractivity (Wildman–Crippen MR) is 95.8 cm³/mol. The van der Waals surface area contributed by atoms with Crippen molar-refractivity contribution < 1.29 is 17.6 Å². The van der Waals surface area contributed by atoms with Crippen molar-refractivity contribution in [3.05, 3.63) is 69.8 Å². The summed E-state index contributed by atoms with van der Waals surface area (Å²) in [5.41, 5.74) is 0.340. The number of aromatic nitrogens is 4. The van der Waals surface area contributed by atoms with Gasteiger partial charge in [-0.25, -0.2) is 9.67 Å². The second-order valence-electron chi connectivity index (χ2n) is 6.42. The number of fused-ring (bicyclic) bond motifs is 1. The van der Waals surface area contributed by atoms with Gasteiger partial charge in [0.25, 0.3) is 5.56 Å². The molecule has 0 aliphatic rings. The third kappa shape index (κ3) is 2.98. The van der Waals surface area contributed by atoms with Gasteiger partial charge < -0.3 is 9.40 Å². The number of H-pyrrole nitrogens is 1. The SMILES string of the molecule is Cc1nn(C(C)c2ccc(C(F)(F)F)cc2)c2nc(-c3ccco3)[nH]c(=O)c12. The highest BCUT2D eigenvalue weighted by Gasteiger charge is 2.30. The molecule has 0 bridgehead atoms. The van der Waals surface area contributed by atoms with Crippen molar-refractivity contribution in [1.82, 2.24) is 19.7 Å². The van der Waals surface area contributed by atoms with Gasteiger partial charge >= 0.3 is 6.18 Å². The largest absolute Gasteiger partial charge is 0.461 e. The number of furan rings is 1. The highest BCUT2D eigenvalue weighted by molar-refractivity contribution is 5.78. The molecule has 3 aromatic heterocycles. The summed E-state index contributed by atoms with van der Waals surface area (Å²) >= 11 is 0. The number of aryl methyl sites for hydroxylation is 1. The summed E-state index contributed by atoms with van der Waals surface area (Å²) in [4.78, 5) is 19.7. The molecule has 9 heteroatoms. The molecule has 0 spiro atoms. The van der Waals surface area contributed by atoms with Crippen LogP contribution in [0.5, 0.6) is 0 Å². The number of hydrogen-bond donors (Lipinski definition) is 1. The maximum absolute atomic E-state index is 12.8. The second kappa shape index (κ2) is 6.36. The van der Waals surface area contributed by atoms with Crippen LogP contribution < -0.4 is 5.56 Å². The van der Waals surface area contributed by atoms with Gasteiger partial charge in [-0.3, -0.25) is 4.79 Å². The van der Waals surface area contributed by atoms with Crippen molar-refractivity contribution in [2.24, 2.45) is 0 Å². The van der Waals surface area contributed by atoms with Crippen LogP contribution in [-0.2, 0) is 6.18 Å². The summed E-state index contributed by atoms with van der Waals surface area (Å²) in [6.07, 6.45) is -2.93. The van der Waals surface area contributed by atoms with Crippen molar-refractivity contribution in [3.8, 4) is 11.6 Å². The van der Waals surface area contributed by atoms with Crippen LogP contribution in [0.3, 0.4) is 0 Å². The van der Waals surface area contributed by atoms with E-state index in [0.29, 0.717) is 28.1 Å². The molecule has 28 heavy (non-hydrogen) atoms. The quantitative estimate of drug-likeness (QED) is 0.567.